The van der Waals surface area contributed by atoms with Crippen LogP contribution in [0.2, 0.25) is 0 Å². The third-order valence-electron chi connectivity index (χ3n) is 2.40. The van der Waals surface area contributed by atoms with Crippen LogP contribution in [-0.4, -0.2) is 16.8 Å². The van der Waals surface area contributed by atoms with Crippen molar-refractivity contribution in [3.63, 3.8) is 0 Å². The van der Waals surface area contributed by atoms with Crippen LogP contribution in [0.3, 0.4) is 0 Å². The molecule has 2 aromatic rings. The minimum Gasteiger partial charge on any atom is -0.366 e. The Labute approximate surface area is 108 Å². The number of nitrogens with one attached hydrogen (secondary N) is 1. The van der Waals surface area contributed by atoms with Gasteiger partial charge < -0.3 is 11.1 Å². The number of carbonyl (C=O) groups is 2. The van der Waals surface area contributed by atoms with Crippen molar-refractivity contribution < 1.29 is 14.0 Å². The van der Waals surface area contributed by atoms with Gasteiger partial charge in [0, 0.05) is 17.4 Å². The van der Waals surface area contributed by atoms with Crippen molar-refractivity contribution in [3.8, 4) is 0 Å². The van der Waals surface area contributed by atoms with Crippen LogP contribution >= 0.6 is 0 Å². The highest BCUT2D eigenvalue weighted by Gasteiger charge is 2.12. The van der Waals surface area contributed by atoms with Gasteiger partial charge >= 0.3 is 0 Å². The fraction of sp³-hybridized carbons (Fsp3) is 0. The lowest BCUT2D eigenvalue weighted by Gasteiger charge is -2.05. The first-order valence-corrected chi connectivity index (χ1v) is 5.39. The zero-order valence-corrected chi connectivity index (χ0v) is 9.76. The number of hydrogen-bond acceptors (Lipinski definition) is 3. The van der Waals surface area contributed by atoms with E-state index in [1.807, 2.05) is 0 Å². The second-order valence-electron chi connectivity index (χ2n) is 3.73. The van der Waals surface area contributed by atoms with E-state index in [1.165, 1.54) is 36.5 Å². The number of hydrogen-bond donors (Lipinski definition) is 2. The van der Waals surface area contributed by atoms with Gasteiger partial charge in [0.1, 0.15) is 0 Å². The number of primary amides is 1. The van der Waals surface area contributed by atoms with E-state index in [0.717, 1.165) is 6.07 Å². The fourth-order valence-corrected chi connectivity index (χ4v) is 1.46. The fourth-order valence-electron chi connectivity index (χ4n) is 1.46. The molecule has 5 nitrogen and oxygen atoms in total. The van der Waals surface area contributed by atoms with Gasteiger partial charge in [0.05, 0.1) is 0 Å². The molecule has 0 fully saturated rings. The van der Waals surface area contributed by atoms with Gasteiger partial charge in [-0.05, 0) is 36.4 Å². The van der Waals surface area contributed by atoms with Gasteiger partial charge in [0.25, 0.3) is 5.91 Å². The number of anilines is 1. The molecule has 0 aliphatic carbocycles. The van der Waals surface area contributed by atoms with Crippen molar-refractivity contribution in [1.82, 2.24) is 4.98 Å². The molecule has 0 spiro atoms. The molecular weight excluding hydrogens is 249 g/mol. The lowest BCUT2D eigenvalue weighted by molar-refractivity contribution is 0.0997. The van der Waals surface area contributed by atoms with Gasteiger partial charge in [-0.25, -0.2) is 9.37 Å². The van der Waals surface area contributed by atoms with E-state index in [1.54, 1.807) is 0 Å². The lowest BCUT2D eigenvalue weighted by atomic mass is 10.2. The quantitative estimate of drug-likeness (QED) is 0.877. The number of halogens is 1. The van der Waals surface area contributed by atoms with Crippen molar-refractivity contribution >= 4 is 17.5 Å². The van der Waals surface area contributed by atoms with Crippen LogP contribution in [0.4, 0.5) is 10.1 Å². The van der Waals surface area contributed by atoms with Crippen molar-refractivity contribution in [2.45, 2.75) is 0 Å². The number of amides is 2. The highest BCUT2D eigenvalue weighted by molar-refractivity contribution is 6.03. The van der Waals surface area contributed by atoms with E-state index < -0.39 is 17.6 Å². The van der Waals surface area contributed by atoms with E-state index in [4.69, 9.17) is 5.73 Å². The normalized spacial score (nSPS) is 9.95. The van der Waals surface area contributed by atoms with Crippen LogP contribution in [-0.2, 0) is 0 Å². The largest absolute Gasteiger partial charge is 0.366 e. The van der Waals surface area contributed by atoms with E-state index in [2.05, 4.69) is 10.3 Å². The summed E-state index contributed by atoms with van der Waals surface area (Å²) in [5.41, 5.74) is 5.54. The first-order chi connectivity index (χ1) is 9.08. The van der Waals surface area contributed by atoms with Crippen molar-refractivity contribution in [2.75, 3.05) is 5.32 Å². The molecule has 0 saturated heterocycles. The second kappa shape index (κ2) is 5.26. The highest BCUT2D eigenvalue weighted by atomic mass is 19.1. The van der Waals surface area contributed by atoms with Gasteiger partial charge in [-0.2, -0.15) is 0 Å². The molecule has 6 heteroatoms. The Morgan fingerprint density at radius 1 is 1.16 bits per heavy atom. The minimum absolute atomic E-state index is 0.290. The van der Waals surface area contributed by atoms with Gasteiger partial charge in [-0.3, -0.25) is 9.59 Å². The molecule has 96 valence electrons. The van der Waals surface area contributed by atoms with Crippen LogP contribution in [0.1, 0.15) is 20.8 Å². The summed E-state index contributed by atoms with van der Waals surface area (Å²) in [6, 6.07) is 8.48. The maximum Gasteiger partial charge on any atom is 0.277 e. The molecule has 1 heterocycles. The molecule has 19 heavy (non-hydrogen) atoms. The summed E-state index contributed by atoms with van der Waals surface area (Å²) in [6.45, 7) is 0. The van der Waals surface area contributed by atoms with Crippen LogP contribution in [0.5, 0.6) is 0 Å². The topological polar surface area (TPSA) is 85.1 Å². The van der Waals surface area contributed by atoms with Gasteiger partial charge in [0.15, 0.2) is 11.5 Å². The average Bonchev–Trinajstić information content (AvgIpc) is 2.39. The SMILES string of the molecule is NC(=O)c1ccc(NC(=O)c2ncccc2F)cc1. The summed E-state index contributed by atoms with van der Waals surface area (Å²) < 4.78 is 13.3. The molecule has 0 aliphatic rings. The van der Waals surface area contributed by atoms with Crippen molar-refractivity contribution in [1.29, 1.82) is 0 Å². The lowest BCUT2D eigenvalue weighted by Crippen LogP contribution is -2.16. The summed E-state index contributed by atoms with van der Waals surface area (Å²) in [5, 5.41) is 2.47. The second-order valence-corrected chi connectivity index (χ2v) is 3.73. The summed E-state index contributed by atoms with van der Waals surface area (Å²) in [6.07, 6.45) is 1.33. The third-order valence-corrected chi connectivity index (χ3v) is 2.40. The molecule has 1 aromatic heterocycles. The van der Waals surface area contributed by atoms with Crippen LogP contribution in [0.15, 0.2) is 42.6 Å². The number of carbonyl (C=O) groups excluding carboxylic acids is 2. The molecule has 0 atom stereocenters. The van der Waals surface area contributed by atoms with Gasteiger partial charge in [0.2, 0.25) is 5.91 Å². The molecule has 3 N–H and O–H groups in total. The van der Waals surface area contributed by atoms with Crippen molar-refractivity contribution in [3.05, 3.63) is 59.7 Å². The Morgan fingerprint density at radius 2 is 1.84 bits per heavy atom. The van der Waals surface area contributed by atoms with Gasteiger partial charge in [-0.15, -0.1) is 0 Å². The van der Waals surface area contributed by atoms with E-state index in [-0.39, 0.29) is 5.69 Å². The van der Waals surface area contributed by atoms with Crippen LogP contribution < -0.4 is 11.1 Å². The maximum atomic E-state index is 13.3. The average molecular weight is 259 g/mol. The Balaban J connectivity index is 2.15. The molecule has 1 aromatic carbocycles. The number of aromatic nitrogens is 1. The molecule has 2 rings (SSSR count). The monoisotopic (exact) mass is 259 g/mol. The Hall–Kier alpha value is -2.76. The molecule has 0 unspecified atom stereocenters. The molecule has 0 saturated carbocycles. The number of benzene rings is 1. The maximum absolute atomic E-state index is 13.3. The van der Waals surface area contributed by atoms with E-state index >= 15 is 0 Å². The number of pyridine rings is 1. The first kappa shape index (κ1) is 12.7. The Kier molecular flexibility index (Phi) is 3.51. The predicted molar refractivity (Wildman–Crippen MR) is 67.1 cm³/mol. The van der Waals surface area contributed by atoms with Crippen molar-refractivity contribution in [2.24, 2.45) is 5.73 Å². The Morgan fingerprint density at radius 3 is 2.42 bits per heavy atom. The van der Waals surface area contributed by atoms with Gasteiger partial charge in [-0.1, -0.05) is 0 Å². The summed E-state index contributed by atoms with van der Waals surface area (Å²) >= 11 is 0. The zero-order valence-electron chi connectivity index (χ0n) is 9.76. The molecular formula is C13H10FN3O2. The summed E-state index contributed by atoms with van der Waals surface area (Å²) in [4.78, 5) is 26.3. The summed E-state index contributed by atoms with van der Waals surface area (Å²) in [5.74, 6) is -1.92. The van der Waals surface area contributed by atoms with E-state index in [9.17, 15) is 14.0 Å². The number of nitrogens with zero attached hydrogens (tertiary/aromatic N) is 1. The molecule has 0 bridgehead atoms. The summed E-state index contributed by atoms with van der Waals surface area (Å²) in [7, 11) is 0. The highest BCUT2D eigenvalue weighted by Crippen LogP contribution is 2.11. The number of rotatable bonds is 3. The minimum atomic E-state index is -0.700. The van der Waals surface area contributed by atoms with E-state index in [0.29, 0.717) is 11.3 Å². The zero-order chi connectivity index (χ0) is 13.8. The smallest absolute Gasteiger partial charge is 0.277 e. The predicted octanol–water partition coefficient (Wildman–Crippen LogP) is 1.57. The standard InChI is InChI=1S/C13H10FN3O2/c14-10-2-1-7-16-11(10)13(19)17-9-5-3-8(4-6-9)12(15)18/h1-7H,(H2,15,18)(H,17,19). The molecule has 0 radical (unpaired) electrons. The third kappa shape index (κ3) is 2.92. The first-order valence-electron chi connectivity index (χ1n) is 5.39. The molecule has 0 aliphatic heterocycles. The Bertz CT molecular complexity index is 626. The van der Waals surface area contributed by atoms with Crippen LogP contribution in [0.25, 0.3) is 0 Å². The molecule has 2 amide bonds. The number of nitrogens with two attached hydrogens (primary N) is 1. The van der Waals surface area contributed by atoms with Crippen LogP contribution in [0, 0.1) is 5.82 Å².